The van der Waals surface area contributed by atoms with E-state index < -0.39 is 0 Å². The number of likely N-dealkylation sites (N-methyl/N-ethyl adjacent to an activating group) is 1. The second-order valence-corrected chi connectivity index (χ2v) is 4.99. The molecule has 0 unspecified atom stereocenters. The smallest absolute Gasteiger partial charge is 0.266 e. The Kier molecular flexibility index (Phi) is 3.63. The Bertz CT molecular complexity index is 356. The maximum atomic E-state index is 5.98. The molecule has 17 heavy (non-hydrogen) atoms. The highest BCUT2D eigenvalue weighted by molar-refractivity contribution is 5.28. The molecule has 1 aromatic rings. The summed E-state index contributed by atoms with van der Waals surface area (Å²) in [5, 5.41) is 4.01. The molecule has 96 valence electrons. The van der Waals surface area contributed by atoms with E-state index in [1.807, 2.05) is 13.8 Å². The molecule has 2 heterocycles. The zero-order valence-corrected chi connectivity index (χ0v) is 10.8. The average Bonchev–Trinajstić information content (AvgIpc) is 2.78. The van der Waals surface area contributed by atoms with Gasteiger partial charge in [0.05, 0.1) is 6.04 Å². The minimum Gasteiger partial charge on any atom is -0.336 e. The Labute approximate surface area is 102 Å². The Morgan fingerprint density at radius 1 is 1.24 bits per heavy atom. The molecule has 0 radical (unpaired) electrons. The van der Waals surface area contributed by atoms with Crippen LogP contribution >= 0.6 is 0 Å². The highest BCUT2D eigenvalue weighted by Gasteiger charge is 2.22. The van der Waals surface area contributed by atoms with Gasteiger partial charge in [0.2, 0.25) is 5.89 Å². The minimum absolute atomic E-state index is 0.177. The Balaban J connectivity index is 2.03. The van der Waals surface area contributed by atoms with Crippen LogP contribution in [0.1, 0.15) is 25.8 Å². The van der Waals surface area contributed by atoms with Crippen molar-refractivity contribution in [1.29, 1.82) is 0 Å². The maximum Gasteiger partial charge on any atom is 0.266 e. The third kappa shape index (κ3) is 2.76. The van der Waals surface area contributed by atoms with Gasteiger partial charge in [0.15, 0.2) is 0 Å². The van der Waals surface area contributed by atoms with E-state index in [1.165, 1.54) is 0 Å². The van der Waals surface area contributed by atoms with Crippen LogP contribution in [0.15, 0.2) is 4.52 Å². The molecule has 1 aliphatic rings. The van der Waals surface area contributed by atoms with E-state index in [9.17, 15) is 0 Å². The van der Waals surface area contributed by atoms with E-state index in [0.29, 0.717) is 17.8 Å². The number of hydrogen-bond donors (Lipinski definition) is 1. The van der Waals surface area contributed by atoms with Gasteiger partial charge in [-0.05, 0) is 18.1 Å². The van der Waals surface area contributed by atoms with E-state index in [4.69, 9.17) is 10.3 Å². The summed E-state index contributed by atoms with van der Waals surface area (Å²) in [5.41, 5.74) is 5.98. The monoisotopic (exact) mass is 239 g/mol. The largest absolute Gasteiger partial charge is 0.336 e. The fraction of sp³-hybridized carbons (Fsp3) is 0.818. The van der Waals surface area contributed by atoms with E-state index in [-0.39, 0.29) is 6.04 Å². The first-order valence-corrected chi connectivity index (χ1v) is 6.10. The van der Waals surface area contributed by atoms with Gasteiger partial charge in [-0.15, -0.1) is 0 Å². The van der Waals surface area contributed by atoms with E-state index in [1.54, 1.807) is 0 Å². The lowest BCUT2D eigenvalue weighted by molar-refractivity contribution is 0.305. The van der Waals surface area contributed by atoms with Crippen molar-refractivity contribution in [3.05, 3.63) is 5.89 Å². The van der Waals surface area contributed by atoms with Crippen LogP contribution < -0.4 is 10.6 Å². The summed E-state index contributed by atoms with van der Waals surface area (Å²) in [5.74, 6) is 1.51. The first-order valence-electron chi connectivity index (χ1n) is 6.10. The molecule has 0 aromatic carbocycles. The van der Waals surface area contributed by atoms with Gasteiger partial charge in [-0.3, -0.25) is 0 Å². The zero-order valence-electron chi connectivity index (χ0n) is 10.8. The van der Waals surface area contributed by atoms with Gasteiger partial charge >= 0.3 is 0 Å². The van der Waals surface area contributed by atoms with Crippen molar-refractivity contribution in [3.8, 4) is 0 Å². The fourth-order valence-corrected chi connectivity index (χ4v) is 1.78. The molecule has 0 spiro atoms. The number of aromatic nitrogens is 2. The summed E-state index contributed by atoms with van der Waals surface area (Å²) in [6.45, 7) is 8.02. The summed E-state index contributed by atoms with van der Waals surface area (Å²) in [6.07, 6.45) is 0. The highest BCUT2D eigenvalue weighted by atomic mass is 16.5. The predicted molar refractivity (Wildman–Crippen MR) is 65.8 cm³/mol. The molecule has 6 nitrogen and oxygen atoms in total. The second-order valence-electron chi connectivity index (χ2n) is 4.99. The van der Waals surface area contributed by atoms with Crippen LogP contribution in [0, 0.1) is 5.92 Å². The van der Waals surface area contributed by atoms with Crippen LogP contribution in [-0.4, -0.2) is 48.3 Å². The Morgan fingerprint density at radius 2 is 1.88 bits per heavy atom. The number of anilines is 1. The topological polar surface area (TPSA) is 71.4 Å². The van der Waals surface area contributed by atoms with E-state index >= 15 is 0 Å². The zero-order chi connectivity index (χ0) is 12.4. The van der Waals surface area contributed by atoms with Crippen molar-refractivity contribution < 1.29 is 4.52 Å². The number of rotatable bonds is 3. The molecule has 0 saturated carbocycles. The Hall–Kier alpha value is -1.14. The van der Waals surface area contributed by atoms with Gasteiger partial charge in [0, 0.05) is 26.2 Å². The average molecular weight is 239 g/mol. The molecular weight excluding hydrogens is 218 g/mol. The molecule has 2 rings (SSSR count). The third-order valence-corrected chi connectivity index (χ3v) is 3.22. The number of hydrogen-bond acceptors (Lipinski definition) is 6. The highest BCUT2D eigenvalue weighted by Crippen LogP contribution is 2.20. The van der Waals surface area contributed by atoms with Crippen molar-refractivity contribution in [2.45, 2.75) is 19.9 Å². The molecule has 6 heteroatoms. The third-order valence-electron chi connectivity index (χ3n) is 3.22. The normalized spacial score (nSPS) is 19.9. The lowest BCUT2D eigenvalue weighted by atomic mass is 10.1. The van der Waals surface area contributed by atoms with Crippen molar-refractivity contribution in [1.82, 2.24) is 15.0 Å². The first kappa shape index (κ1) is 12.3. The molecule has 1 aromatic heterocycles. The van der Waals surface area contributed by atoms with Gasteiger partial charge in [0.25, 0.3) is 5.95 Å². The number of piperazine rings is 1. The lowest BCUT2D eigenvalue weighted by Gasteiger charge is -2.31. The van der Waals surface area contributed by atoms with Crippen LogP contribution in [0.25, 0.3) is 0 Å². The summed E-state index contributed by atoms with van der Waals surface area (Å²) in [6, 6.07) is -0.177. The summed E-state index contributed by atoms with van der Waals surface area (Å²) >= 11 is 0. The van der Waals surface area contributed by atoms with Crippen LogP contribution in [0.4, 0.5) is 5.95 Å². The van der Waals surface area contributed by atoms with Gasteiger partial charge in [-0.1, -0.05) is 13.8 Å². The van der Waals surface area contributed by atoms with Gasteiger partial charge in [-0.25, -0.2) is 0 Å². The molecule has 1 fully saturated rings. The summed E-state index contributed by atoms with van der Waals surface area (Å²) in [4.78, 5) is 8.81. The molecule has 1 saturated heterocycles. The first-order chi connectivity index (χ1) is 8.08. The predicted octanol–water partition coefficient (Wildman–Crippen LogP) is 0.477. The van der Waals surface area contributed by atoms with Crippen LogP contribution in [0.3, 0.4) is 0 Å². The van der Waals surface area contributed by atoms with Gasteiger partial charge < -0.3 is 20.1 Å². The quantitative estimate of drug-likeness (QED) is 0.827. The minimum atomic E-state index is -0.177. The molecular formula is C11H21N5O. The molecule has 1 atom stereocenters. The van der Waals surface area contributed by atoms with Crippen LogP contribution in [-0.2, 0) is 0 Å². The van der Waals surface area contributed by atoms with Crippen LogP contribution in [0.5, 0.6) is 0 Å². The van der Waals surface area contributed by atoms with Gasteiger partial charge in [0.1, 0.15) is 0 Å². The standard InChI is InChI=1S/C11H21N5O/c1-8(2)9(12)10-13-11(14-17-10)16-6-4-15(3)5-7-16/h8-9H,4-7,12H2,1-3H3/t9-/m0/s1. The molecule has 0 amide bonds. The molecule has 1 aliphatic heterocycles. The lowest BCUT2D eigenvalue weighted by Crippen LogP contribution is -2.44. The summed E-state index contributed by atoms with van der Waals surface area (Å²) < 4.78 is 5.23. The van der Waals surface area contributed by atoms with E-state index in [2.05, 4.69) is 27.0 Å². The van der Waals surface area contributed by atoms with E-state index in [0.717, 1.165) is 26.2 Å². The van der Waals surface area contributed by atoms with Crippen molar-refractivity contribution in [2.75, 3.05) is 38.1 Å². The Morgan fingerprint density at radius 3 is 2.47 bits per heavy atom. The van der Waals surface area contributed by atoms with Crippen molar-refractivity contribution >= 4 is 5.95 Å². The molecule has 0 bridgehead atoms. The molecule has 0 aliphatic carbocycles. The SMILES string of the molecule is CC(C)[C@H](N)c1nc(N2CCN(C)CC2)no1. The number of nitrogens with two attached hydrogens (primary N) is 1. The number of nitrogens with zero attached hydrogens (tertiary/aromatic N) is 4. The van der Waals surface area contributed by atoms with Crippen molar-refractivity contribution in [2.24, 2.45) is 11.7 Å². The molecule has 2 N–H and O–H groups in total. The van der Waals surface area contributed by atoms with Crippen LogP contribution in [0.2, 0.25) is 0 Å². The second kappa shape index (κ2) is 5.01. The maximum absolute atomic E-state index is 5.98. The summed E-state index contributed by atoms with van der Waals surface area (Å²) in [7, 11) is 2.12. The van der Waals surface area contributed by atoms with Crippen molar-refractivity contribution in [3.63, 3.8) is 0 Å². The fourth-order valence-electron chi connectivity index (χ4n) is 1.78. The van der Waals surface area contributed by atoms with Gasteiger partial charge in [-0.2, -0.15) is 4.98 Å².